The number of hydrogen-bond donors (Lipinski definition) is 0. The van der Waals surface area contributed by atoms with Crippen molar-refractivity contribution in [1.29, 1.82) is 0 Å². The summed E-state index contributed by atoms with van der Waals surface area (Å²) in [5.41, 5.74) is 5.58. The fraction of sp³-hybridized carbons (Fsp3) is 0.158. The predicted octanol–water partition coefficient (Wildman–Crippen LogP) is 3.96. The van der Waals surface area contributed by atoms with E-state index in [4.69, 9.17) is 4.74 Å². The second-order valence-electron chi connectivity index (χ2n) is 5.55. The van der Waals surface area contributed by atoms with Crippen LogP contribution in [-0.4, -0.2) is 11.9 Å². The first-order chi connectivity index (χ1) is 10.5. The highest BCUT2D eigenvalue weighted by molar-refractivity contribution is 6.12. The Labute approximate surface area is 130 Å². The molecule has 1 aliphatic rings. The Bertz CT molecular complexity index is 816. The standard InChI is InChI=1S/C19H17NO2/c1-12-5-4-6-15(9-12)11-17-19(21)22-18(20-17)16-8-7-13(2)14(3)10-16/h4-11H,1-3H3/b17-11+. The lowest BCUT2D eigenvalue weighted by atomic mass is 10.1. The number of benzene rings is 2. The lowest BCUT2D eigenvalue weighted by Gasteiger charge is -2.03. The number of ether oxygens (including phenoxy) is 1. The summed E-state index contributed by atoms with van der Waals surface area (Å²) in [4.78, 5) is 16.3. The highest BCUT2D eigenvalue weighted by Gasteiger charge is 2.24. The number of nitrogens with zero attached hydrogens (tertiary/aromatic N) is 1. The van der Waals surface area contributed by atoms with Crippen LogP contribution in [0.1, 0.15) is 27.8 Å². The number of rotatable bonds is 2. The van der Waals surface area contributed by atoms with Crippen molar-refractivity contribution in [2.45, 2.75) is 20.8 Å². The van der Waals surface area contributed by atoms with E-state index in [1.54, 1.807) is 6.08 Å². The van der Waals surface area contributed by atoms with Gasteiger partial charge in [0.2, 0.25) is 5.90 Å². The summed E-state index contributed by atoms with van der Waals surface area (Å²) in [6.45, 7) is 6.09. The van der Waals surface area contributed by atoms with Crippen LogP contribution < -0.4 is 0 Å². The van der Waals surface area contributed by atoms with E-state index in [0.717, 1.165) is 22.3 Å². The zero-order valence-corrected chi connectivity index (χ0v) is 12.9. The summed E-state index contributed by atoms with van der Waals surface area (Å²) in [5, 5.41) is 0. The van der Waals surface area contributed by atoms with Crippen LogP contribution in [0.15, 0.2) is 53.2 Å². The third kappa shape index (κ3) is 2.84. The minimum atomic E-state index is -0.408. The van der Waals surface area contributed by atoms with Crippen molar-refractivity contribution in [2.75, 3.05) is 0 Å². The smallest absolute Gasteiger partial charge is 0.363 e. The monoisotopic (exact) mass is 291 g/mol. The minimum absolute atomic E-state index is 0.332. The molecule has 0 N–H and O–H groups in total. The normalized spacial score (nSPS) is 15.9. The maximum absolute atomic E-state index is 12.0. The van der Waals surface area contributed by atoms with Crippen molar-refractivity contribution < 1.29 is 9.53 Å². The van der Waals surface area contributed by atoms with Gasteiger partial charge in [0.05, 0.1) is 0 Å². The average molecular weight is 291 g/mol. The molecule has 2 aromatic rings. The fourth-order valence-electron chi connectivity index (χ4n) is 2.32. The predicted molar refractivity (Wildman–Crippen MR) is 87.7 cm³/mol. The molecule has 0 bridgehead atoms. The number of aliphatic imine (C=N–C) groups is 1. The molecular formula is C19H17NO2. The van der Waals surface area contributed by atoms with E-state index in [2.05, 4.69) is 4.99 Å². The Morgan fingerprint density at radius 2 is 1.82 bits per heavy atom. The SMILES string of the molecule is Cc1cccc(/C=C2/N=C(c3ccc(C)c(C)c3)OC2=O)c1. The molecule has 110 valence electrons. The van der Waals surface area contributed by atoms with Gasteiger partial charge >= 0.3 is 5.97 Å². The van der Waals surface area contributed by atoms with E-state index in [0.29, 0.717) is 11.6 Å². The number of cyclic esters (lactones) is 1. The Hall–Kier alpha value is -2.68. The van der Waals surface area contributed by atoms with Crippen molar-refractivity contribution in [1.82, 2.24) is 0 Å². The van der Waals surface area contributed by atoms with Gasteiger partial charge in [-0.2, -0.15) is 0 Å². The van der Waals surface area contributed by atoms with Crippen molar-refractivity contribution in [2.24, 2.45) is 4.99 Å². The molecule has 1 aliphatic heterocycles. The number of hydrogen-bond acceptors (Lipinski definition) is 3. The quantitative estimate of drug-likeness (QED) is 0.620. The molecule has 3 rings (SSSR count). The first-order valence-corrected chi connectivity index (χ1v) is 7.20. The fourth-order valence-corrected chi connectivity index (χ4v) is 2.32. The van der Waals surface area contributed by atoms with Crippen molar-refractivity contribution in [3.05, 3.63) is 76.0 Å². The van der Waals surface area contributed by atoms with Crippen LogP contribution in [0.25, 0.3) is 6.08 Å². The third-order valence-electron chi connectivity index (χ3n) is 3.72. The van der Waals surface area contributed by atoms with Gasteiger partial charge in [0.15, 0.2) is 5.70 Å². The van der Waals surface area contributed by atoms with Gasteiger partial charge in [0, 0.05) is 5.56 Å². The maximum atomic E-state index is 12.0. The van der Waals surface area contributed by atoms with Crippen molar-refractivity contribution >= 4 is 17.9 Å². The van der Waals surface area contributed by atoms with Gasteiger partial charge in [-0.25, -0.2) is 9.79 Å². The highest BCUT2D eigenvalue weighted by atomic mass is 16.6. The van der Waals surface area contributed by atoms with Crippen molar-refractivity contribution in [3.8, 4) is 0 Å². The van der Waals surface area contributed by atoms with Crippen LogP contribution in [0, 0.1) is 20.8 Å². The third-order valence-corrected chi connectivity index (χ3v) is 3.72. The number of carbonyl (C=O) groups excluding carboxylic acids is 1. The molecule has 0 amide bonds. The van der Waals surface area contributed by atoms with E-state index in [-0.39, 0.29) is 0 Å². The second kappa shape index (κ2) is 5.60. The van der Waals surface area contributed by atoms with Crippen LogP contribution in [0.5, 0.6) is 0 Å². The first kappa shape index (κ1) is 14.3. The van der Waals surface area contributed by atoms with E-state index in [9.17, 15) is 4.79 Å². The Balaban J connectivity index is 1.96. The number of esters is 1. The molecule has 0 saturated carbocycles. The Morgan fingerprint density at radius 3 is 2.55 bits per heavy atom. The summed E-state index contributed by atoms with van der Waals surface area (Å²) in [5.74, 6) is -0.0401. The molecule has 0 fully saturated rings. The molecule has 0 saturated heterocycles. The molecule has 0 unspecified atom stereocenters. The van der Waals surface area contributed by atoms with E-state index >= 15 is 0 Å². The molecule has 1 heterocycles. The first-order valence-electron chi connectivity index (χ1n) is 7.20. The molecule has 2 aromatic carbocycles. The van der Waals surface area contributed by atoms with Crippen LogP contribution in [0.4, 0.5) is 0 Å². The Kier molecular flexibility index (Phi) is 3.63. The highest BCUT2D eigenvalue weighted by Crippen LogP contribution is 2.20. The number of carbonyl (C=O) groups is 1. The van der Waals surface area contributed by atoms with Gasteiger partial charge in [-0.1, -0.05) is 35.9 Å². The lowest BCUT2D eigenvalue weighted by molar-refractivity contribution is -0.129. The van der Waals surface area contributed by atoms with Gasteiger partial charge in [-0.3, -0.25) is 0 Å². The van der Waals surface area contributed by atoms with Crippen LogP contribution in [0.2, 0.25) is 0 Å². The van der Waals surface area contributed by atoms with E-state index < -0.39 is 5.97 Å². The van der Waals surface area contributed by atoms with E-state index in [1.165, 1.54) is 5.56 Å². The summed E-state index contributed by atoms with van der Waals surface area (Å²) >= 11 is 0. The molecule has 3 nitrogen and oxygen atoms in total. The molecule has 0 aromatic heterocycles. The molecule has 0 aliphatic carbocycles. The van der Waals surface area contributed by atoms with Gasteiger partial charge < -0.3 is 4.74 Å². The summed E-state index contributed by atoms with van der Waals surface area (Å²) in [7, 11) is 0. The molecule has 0 radical (unpaired) electrons. The van der Waals surface area contributed by atoms with Crippen LogP contribution >= 0.6 is 0 Å². The molecule has 0 spiro atoms. The van der Waals surface area contributed by atoms with Crippen LogP contribution in [-0.2, 0) is 9.53 Å². The summed E-state index contributed by atoms with van der Waals surface area (Å²) in [6.07, 6.45) is 1.75. The second-order valence-corrected chi connectivity index (χ2v) is 5.55. The van der Waals surface area contributed by atoms with Gasteiger partial charge in [0.1, 0.15) is 0 Å². The molecular weight excluding hydrogens is 274 g/mol. The minimum Gasteiger partial charge on any atom is -0.402 e. The zero-order chi connectivity index (χ0) is 15.7. The van der Waals surface area contributed by atoms with E-state index in [1.807, 2.05) is 63.2 Å². The topological polar surface area (TPSA) is 38.7 Å². The largest absolute Gasteiger partial charge is 0.402 e. The summed E-state index contributed by atoms with van der Waals surface area (Å²) in [6, 6.07) is 13.8. The lowest BCUT2D eigenvalue weighted by Crippen LogP contribution is -2.05. The van der Waals surface area contributed by atoms with Crippen LogP contribution in [0.3, 0.4) is 0 Å². The molecule has 0 atom stereocenters. The zero-order valence-electron chi connectivity index (χ0n) is 12.9. The number of aryl methyl sites for hydroxylation is 3. The van der Waals surface area contributed by atoms with Crippen molar-refractivity contribution in [3.63, 3.8) is 0 Å². The Morgan fingerprint density at radius 1 is 1.00 bits per heavy atom. The summed E-state index contributed by atoms with van der Waals surface area (Å²) < 4.78 is 5.30. The molecule has 22 heavy (non-hydrogen) atoms. The van der Waals surface area contributed by atoms with Gasteiger partial charge in [-0.05, 0) is 55.7 Å². The van der Waals surface area contributed by atoms with Gasteiger partial charge in [0.25, 0.3) is 0 Å². The molecule has 3 heteroatoms. The van der Waals surface area contributed by atoms with Gasteiger partial charge in [-0.15, -0.1) is 0 Å². The maximum Gasteiger partial charge on any atom is 0.363 e. The average Bonchev–Trinajstić information content (AvgIpc) is 2.83.